The molecule has 0 aliphatic carbocycles. The second-order valence-corrected chi connectivity index (χ2v) is 8.50. The molecular formula is C4H7Cl4OP. The average molecular weight is 244 g/mol. The van der Waals surface area contributed by atoms with Crippen molar-refractivity contribution in [1.82, 2.24) is 0 Å². The molecule has 0 aliphatic heterocycles. The SMILES string of the molecule is CC(Cl)C(Cl)CP(=O)(Cl)Cl. The maximum absolute atomic E-state index is 10.7. The second-order valence-electron chi connectivity index (χ2n) is 1.95. The maximum atomic E-state index is 10.7. The van der Waals surface area contributed by atoms with Crippen molar-refractivity contribution in [3.63, 3.8) is 0 Å². The Morgan fingerprint density at radius 2 is 1.80 bits per heavy atom. The lowest BCUT2D eigenvalue weighted by Gasteiger charge is -2.10. The molecule has 0 bridgehead atoms. The summed E-state index contributed by atoms with van der Waals surface area (Å²) in [7, 11) is 0. The van der Waals surface area contributed by atoms with E-state index >= 15 is 0 Å². The maximum Gasteiger partial charge on any atom is 0.254 e. The van der Waals surface area contributed by atoms with Crippen molar-refractivity contribution in [3.05, 3.63) is 0 Å². The Morgan fingerprint density at radius 1 is 1.40 bits per heavy atom. The molecule has 0 saturated heterocycles. The summed E-state index contributed by atoms with van der Waals surface area (Å²) in [5, 5.41) is -0.699. The molecule has 2 atom stereocenters. The van der Waals surface area contributed by atoms with Crippen molar-refractivity contribution >= 4 is 51.5 Å². The highest BCUT2D eigenvalue weighted by Crippen LogP contribution is 2.57. The summed E-state index contributed by atoms with van der Waals surface area (Å²) in [4.78, 5) is 0. The van der Waals surface area contributed by atoms with Crippen LogP contribution >= 0.6 is 51.5 Å². The molecule has 0 aromatic rings. The number of hydrogen-bond acceptors (Lipinski definition) is 1. The van der Waals surface area contributed by atoms with Gasteiger partial charge in [0.05, 0.1) is 5.38 Å². The van der Waals surface area contributed by atoms with E-state index in [1.165, 1.54) is 0 Å². The van der Waals surface area contributed by atoms with E-state index in [1.807, 2.05) is 0 Å². The molecule has 0 amide bonds. The van der Waals surface area contributed by atoms with Crippen LogP contribution < -0.4 is 0 Å². The second kappa shape index (κ2) is 4.42. The molecule has 0 radical (unpaired) electrons. The van der Waals surface area contributed by atoms with Gasteiger partial charge in [-0.05, 0) is 29.4 Å². The zero-order valence-corrected chi connectivity index (χ0v) is 9.15. The third-order valence-corrected chi connectivity index (χ3v) is 3.71. The Balaban J connectivity index is 3.80. The molecular weight excluding hydrogens is 237 g/mol. The van der Waals surface area contributed by atoms with Crippen molar-refractivity contribution < 1.29 is 4.57 Å². The van der Waals surface area contributed by atoms with Crippen LogP contribution in [0.15, 0.2) is 0 Å². The van der Waals surface area contributed by atoms with E-state index in [9.17, 15) is 4.57 Å². The van der Waals surface area contributed by atoms with Gasteiger partial charge in [-0.1, -0.05) is 0 Å². The van der Waals surface area contributed by atoms with E-state index in [0.717, 1.165) is 0 Å². The molecule has 0 N–H and O–H groups in total. The van der Waals surface area contributed by atoms with Gasteiger partial charge in [-0.25, -0.2) is 0 Å². The quantitative estimate of drug-likeness (QED) is 0.543. The number of rotatable bonds is 3. The van der Waals surface area contributed by atoms with Crippen LogP contribution in [0.25, 0.3) is 0 Å². The van der Waals surface area contributed by atoms with Gasteiger partial charge in [-0.3, -0.25) is 4.57 Å². The first-order valence-electron chi connectivity index (χ1n) is 2.59. The molecule has 62 valence electrons. The zero-order chi connectivity index (χ0) is 8.36. The molecule has 0 aromatic carbocycles. The van der Waals surface area contributed by atoms with Crippen molar-refractivity contribution in [1.29, 1.82) is 0 Å². The normalized spacial score (nSPS) is 18.5. The Bertz CT molecular complexity index is 142. The zero-order valence-electron chi connectivity index (χ0n) is 5.23. The first-order chi connectivity index (χ1) is 4.33. The van der Waals surface area contributed by atoms with Gasteiger partial charge in [-0.15, -0.1) is 23.2 Å². The fourth-order valence-electron chi connectivity index (χ4n) is 0.348. The lowest BCUT2D eigenvalue weighted by molar-refractivity contribution is 0.591. The molecule has 2 unspecified atom stereocenters. The summed E-state index contributed by atoms with van der Waals surface area (Å²) < 4.78 is 10.7. The van der Waals surface area contributed by atoms with Gasteiger partial charge in [-0.2, -0.15) is 0 Å². The lowest BCUT2D eigenvalue weighted by atomic mass is 10.4. The summed E-state index contributed by atoms with van der Waals surface area (Å²) in [6.45, 7) is 1.70. The minimum absolute atomic E-state index is 0.0579. The Hall–Kier alpha value is 1.39. The number of halogens is 4. The Labute approximate surface area is 79.9 Å². The predicted molar refractivity (Wildman–Crippen MR) is 49.1 cm³/mol. The van der Waals surface area contributed by atoms with Crippen LogP contribution in [0.2, 0.25) is 0 Å². The summed E-state index contributed by atoms with van der Waals surface area (Å²) in [5.41, 5.74) is 0. The monoisotopic (exact) mass is 242 g/mol. The molecule has 1 nitrogen and oxygen atoms in total. The van der Waals surface area contributed by atoms with Gasteiger partial charge in [0.2, 0.25) is 0 Å². The summed E-state index contributed by atoms with van der Waals surface area (Å²) in [6, 6.07) is 0. The summed E-state index contributed by atoms with van der Waals surface area (Å²) in [5.74, 6) is -3.05. The van der Waals surface area contributed by atoms with Crippen molar-refractivity contribution in [2.75, 3.05) is 6.16 Å². The van der Waals surface area contributed by atoms with Crippen LogP contribution in [0, 0.1) is 0 Å². The molecule has 0 rings (SSSR count). The highest BCUT2D eigenvalue weighted by atomic mass is 35.9. The number of alkyl halides is 2. The summed E-state index contributed by atoms with van der Waals surface area (Å²) >= 11 is 21.7. The smallest absolute Gasteiger partial charge is 0.254 e. The molecule has 0 saturated carbocycles. The molecule has 0 spiro atoms. The van der Waals surface area contributed by atoms with Crippen molar-refractivity contribution in [2.45, 2.75) is 17.7 Å². The van der Waals surface area contributed by atoms with Crippen molar-refractivity contribution in [2.24, 2.45) is 0 Å². The van der Waals surface area contributed by atoms with E-state index in [1.54, 1.807) is 6.92 Å². The fourth-order valence-corrected chi connectivity index (χ4v) is 3.18. The van der Waals surface area contributed by atoms with Crippen molar-refractivity contribution in [3.8, 4) is 0 Å². The molecule has 0 fully saturated rings. The van der Waals surface area contributed by atoms with E-state index in [4.69, 9.17) is 45.7 Å². The van der Waals surface area contributed by atoms with Crippen LogP contribution in [-0.2, 0) is 4.57 Å². The fraction of sp³-hybridized carbons (Fsp3) is 1.00. The summed E-state index contributed by atoms with van der Waals surface area (Å²) in [6.07, 6.45) is 0.0579. The van der Waals surface area contributed by atoms with Gasteiger partial charge in [0, 0.05) is 11.5 Å². The number of hydrogen-bond donors (Lipinski definition) is 0. The first-order valence-corrected chi connectivity index (χ1v) is 7.17. The minimum Gasteiger partial charge on any atom is -0.289 e. The lowest BCUT2D eigenvalue weighted by Crippen LogP contribution is -2.13. The third kappa shape index (κ3) is 6.12. The minimum atomic E-state index is -3.05. The van der Waals surface area contributed by atoms with Gasteiger partial charge in [0.25, 0.3) is 5.85 Å². The van der Waals surface area contributed by atoms with Crippen LogP contribution in [-0.4, -0.2) is 16.9 Å². The third-order valence-electron chi connectivity index (χ3n) is 0.885. The van der Waals surface area contributed by atoms with Gasteiger partial charge >= 0.3 is 0 Å². The van der Waals surface area contributed by atoms with Gasteiger partial charge < -0.3 is 0 Å². The molecule has 0 heterocycles. The Morgan fingerprint density at radius 3 is 1.90 bits per heavy atom. The predicted octanol–water partition coefficient (Wildman–Crippen LogP) is 3.89. The molecule has 0 aromatic heterocycles. The highest BCUT2D eigenvalue weighted by Gasteiger charge is 2.22. The van der Waals surface area contributed by atoms with Crippen LogP contribution in [0.4, 0.5) is 0 Å². The van der Waals surface area contributed by atoms with E-state index in [2.05, 4.69) is 0 Å². The van der Waals surface area contributed by atoms with E-state index in [0.29, 0.717) is 0 Å². The topological polar surface area (TPSA) is 17.1 Å². The van der Waals surface area contributed by atoms with Crippen LogP contribution in [0.3, 0.4) is 0 Å². The largest absolute Gasteiger partial charge is 0.289 e. The molecule has 10 heavy (non-hydrogen) atoms. The van der Waals surface area contributed by atoms with Crippen LogP contribution in [0.5, 0.6) is 0 Å². The Kier molecular flexibility index (Phi) is 5.04. The highest BCUT2D eigenvalue weighted by molar-refractivity contribution is 8.08. The van der Waals surface area contributed by atoms with E-state index < -0.39 is 11.2 Å². The first kappa shape index (κ1) is 11.4. The standard InChI is InChI=1S/C4H7Cl4OP/c1-3(5)4(6)2-10(7,8)9/h3-4H,2H2,1H3. The van der Waals surface area contributed by atoms with Gasteiger partial charge in [0.15, 0.2) is 0 Å². The van der Waals surface area contributed by atoms with Crippen LogP contribution in [0.1, 0.15) is 6.92 Å². The van der Waals surface area contributed by atoms with E-state index in [-0.39, 0.29) is 11.5 Å². The molecule has 0 aliphatic rings. The van der Waals surface area contributed by atoms with Gasteiger partial charge in [0.1, 0.15) is 0 Å². The average Bonchev–Trinajstić information content (AvgIpc) is 1.60. The molecule has 6 heteroatoms.